The standard InChI is InChI=1S/C8H13O/c1-2-4-7-5-3-6-8(7)9/h7H,1-6H2. The summed E-state index contributed by atoms with van der Waals surface area (Å²) >= 11 is 0. The van der Waals surface area contributed by atoms with Gasteiger partial charge in [-0.3, -0.25) is 4.79 Å². The summed E-state index contributed by atoms with van der Waals surface area (Å²) in [5, 5.41) is 0. The van der Waals surface area contributed by atoms with Crippen molar-refractivity contribution in [1.29, 1.82) is 0 Å². The van der Waals surface area contributed by atoms with Crippen LogP contribution in [0.25, 0.3) is 0 Å². The minimum Gasteiger partial charge on any atom is -0.299 e. The zero-order chi connectivity index (χ0) is 6.69. The molecule has 1 rings (SSSR count). The van der Waals surface area contributed by atoms with Gasteiger partial charge in [0.2, 0.25) is 0 Å². The summed E-state index contributed by atoms with van der Waals surface area (Å²) in [6, 6.07) is 0. The normalized spacial score (nSPS) is 27.2. The largest absolute Gasteiger partial charge is 0.299 e. The van der Waals surface area contributed by atoms with E-state index < -0.39 is 0 Å². The molecule has 0 bridgehead atoms. The predicted molar refractivity (Wildman–Crippen MR) is 36.9 cm³/mol. The van der Waals surface area contributed by atoms with Gasteiger partial charge in [-0.15, -0.1) is 0 Å². The lowest BCUT2D eigenvalue weighted by atomic mass is 10.0. The molecule has 1 fully saturated rings. The Kier molecular flexibility index (Phi) is 2.26. The molecular formula is C8H13O. The molecule has 0 N–H and O–H groups in total. The highest BCUT2D eigenvalue weighted by atomic mass is 16.1. The molecule has 51 valence electrons. The Bertz CT molecular complexity index is 107. The monoisotopic (exact) mass is 125 g/mol. The van der Waals surface area contributed by atoms with E-state index in [1.165, 1.54) is 0 Å². The van der Waals surface area contributed by atoms with Crippen LogP contribution >= 0.6 is 0 Å². The van der Waals surface area contributed by atoms with Gasteiger partial charge in [0.1, 0.15) is 5.78 Å². The average molecular weight is 125 g/mol. The first-order chi connectivity index (χ1) is 4.34. The Labute approximate surface area is 56.4 Å². The van der Waals surface area contributed by atoms with Crippen LogP contribution in [0.15, 0.2) is 0 Å². The smallest absolute Gasteiger partial charge is 0.135 e. The van der Waals surface area contributed by atoms with Crippen LogP contribution in [0.2, 0.25) is 0 Å². The molecule has 1 aliphatic rings. The third-order valence-corrected chi connectivity index (χ3v) is 1.98. The summed E-state index contributed by atoms with van der Waals surface area (Å²) < 4.78 is 0. The van der Waals surface area contributed by atoms with E-state index in [1.807, 2.05) is 0 Å². The van der Waals surface area contributed by atoms with E-state index in [4.69, 9.17) is 0 Å². The highest BCUT2D eigenvalue weighted by molar-refractivity contribution is 5.82. The molecule has 0 aromatic carbocycles. The van der Waals surface area contributed by atoms with Crippen LogP contribution in [0.5, 0.6) is 0 Å². The summed E-state index contributed by atoms with van der Waals surface area (Å²) in [7, 11) is 0. The molecule has 1 radical (unpaired) electrons. The second kappa shape index (κ2) is 3.00. The number of Topliss-reactive ketones (excluding diaryl/α,β-unsaturated/α-hetero) is 1. The molecule has 0 aromatic heterocycles. The first kappa shape index (κ1) is 6.79. The third kappa shape index (κ3) is 1.54. The zero-order valence-electron chi connectivity index (χ0n) is 5.73. The van der Waals surface area contributed by atoms with E-state index >= 15 is 0 Å². The molecule has 1 aliphatic carbocycles. The second-order valence-corrected chi connectivity index (χ2v) is 2.70. The van der Waals surface area contributed by atoms with Crippen molar-refractivity contribution in [3.8, 4) is 0 Å². The maximum Gasteiger partial charge on any atom is 0.135 e. The topological polar surface area (TPSA) is 17.1 Å². The van der Waals surface area contributed by atoms with Crippen molar-refractivity contribution in [2.45, 2.75) is 32.1 Å². The molecular weight excluding hydrogens is 112 g/mol. The number of hydrogen-bond donors (Lipinski definition) is 0. The number of carbonyl (C=O) groups is 1. The maximum atomic E-state index is 10.9. The van der Waals surface area contributed by atoms with E-state index in [1.54, 1.807) is 0 Å². The molecule has 1 heteroatoms. The molecule has 9 heavy (non-hydrogen) atoms. The van der Waals surface area contributed by atoms with Gasteiger partial charge >= 0.3 is 0 Å². The van der Waals surface area contributed by atoms with Crippen LogP contribution in [-0.2, 0) is 4.79 Å². The molecule has 0 spiro atoms. The fourth-order valence-electron chi connectivity index (χ4n) is 1.44. The molecule has 1 unspecified atom stereocenters. The van der Waals surface area contributed by atoms with E-state index in [0.717, 1.165) is 32.1 Å². The van der Waals surface area contributed by atoms with Crippen molar-refractivity contribution in [2.75, 3.05) is 0 Å². The van der Waals surface area contributed by atoms with Crippen LogP contribution in [0.3, 0.4) is 0 Å². The number of carbonyl (C=O) groups excluding carboxylic acids is 1. The van der Waals surface area contributed by atoms with Crippen LogP contribution in [0.4, 0.5) is 0 Å². The highest BCUT2D eigenvalue weighted by Crippen LogP contribution is 2.24. The van der Waals surface area contributed by atoms with Crippen molar-refractivity contribution in [1.82, 2.24) is 0 Å². The Balaban J connectivity index is 2.31. The maximum absolute atomic E-state index is 10.9. The van der Waals surface area contributed by atoms with Crippen molar-refractivity contribution >= 4 is 5.78 Å². The van der Waals surface area contributed by atoms with Crippen LogP contribution in [-0.4, -0.2) is 5.78 Å². The molecule has 1 saturated carbocycles. The van der Waals surface area contributed by atoms with Gasteiger partial charge in [-0.25, -0.2) is 0 Å². The van der Waals surface area contributed by atoms with Crippen LogP contribution in [0, 0.1) is 12.8 Å². The number of hydrogen-bond acceptors (Lipinski definition) is 1. The SMILES string of the molecule is [CH2]CCC1CCCC1=O. The van der Waals surface area contributed by atoms with Gasteiger partial charge in [0, 0.05) is 12.3 Å². The van der Waals surface area contributed by atoms with E-state index in [9.17, 15) is 4.79 Å². The minimum absolute atomic E-state index is 0.377. The van der Waals surface area contributed by atoms with Gasteiger partial charge in [0.25, 0.3) is 0 Å². The number of rotatable bonds is 2. The fourth-order valence-corrected chi connectivity index (χ4v) is 1.44. The summed E-state index contributed by atoms with van der Waals surface area (Å²) in [4.78, 5) is 10.9. The van der Waals surface area contributed by atoms with Gasteiger partial charge in [0.05, 0.1) is 0 Å². The van der Waals surface area contributed by atoms with Gasteiger partial charge in [-0.05, 0) is 19.3 Å². The Morgan fingerprint density at radius 1 is 1.67 bits per heavy atom. The van der Waals surface area contributed by atoms with Crippen molar-refractivity contribution < 1.29 is 4.79 Å². The van der Waals surface area contributed by atoms with E-state index in [-0.39, 0.29) is 0 Å². The minimum atomic E-state index is 0.377. The lowest BCUT2D eigenvalue weighted by Gasteiger charge is -2.02. The third-order valence-electron chi connectivity index (χ3n) is 1.98. The average Bonchev–Trinajstić information content (AvgIpc) is 2.18. The molecule has 1 nitrogen and oxygen atoms in total. The van der Waals surface area contributed by atoms with Gasteiger partial charge in [0.15, 0.2) is 0 Å². The quantitative estimate of drug-likeness (QED) is 0.551. The van der Waals surface area contributed by atoms with Gasteiger partial charge < -0.3 is 0 Å². The van der Waals surface area contributed by atoms with Crippen molar-refractivity contribution in [3.05, 3.63) is 6.92 Å². The van der Waals surface area contributed by atoms with Crippen molar-refractivity contribution in [3.63, 3.8) is 0 Å². The van der Waals surface area contributed by atoms with Gasteiger partial charge in [-0.2, -0.15) is 0 Å². The zero-order valence-corrected chi connectivity index (χ0v) is 5.73. The Morgan fingerprint density at radius 3 is 2.89 bits per heavy atom. The van der Waals surface area contributed by atoms with Crippen LogP contribution in [0.1, 0.15) is 32.1 Å². The molecule has 0 aromatic rings. The molecule has 0 amide bonds. The highest BCUT2D eigenvalue weighted by Gasteiger charge is 2.22. The fraction of sp³-hybridized carbons (Fsp3) is 0.750. The Hall–Kier alpha value is -0.330. The van der Waals surface area contributed by atoms with Gasteiger partial charge in [-0.1, -0.05) is 13.3 Å². The molecule has 0 heterocycles. The summed E-state index contributed by atoms with van der Waals surface area (Å²) in [5.41, 5.74) is 0. The summed E-state index contributed by atoms with van der Waals surface area (Å²) in [6.07, 6.45) is 4.98. The van der Waals surface area contributed by atoms with Crippen LogP contribution < -0.4 is 0 Å². The Morgan fingerprint density at radius 2 is 2.44 bits per heavy atom. The predicted octanol–water partition coefficient (Wildman–Crippen LogP) is 1.97. The van der Waals surface area contributed by atoms with E-state index in [0.29, 0.717) is 11.7 Å². The lowest BCUT2D eigenvalue weighted by Crippen LogP contribution is -2.04. The van der Waals surface area contributed by atoms with E-state index in [2.05, 4.69) is 6.92 Å². The lowest BCUT2D eigenvalue weighted by molar-refractivity contribution is -0.120. The molecule has 0 saturated heterocycles. The van der Waals surface area contributed by atoms with Crippen molar-refractivity contribution in [2.24, 2.45) is 5.92 Å². The summed E-state index contributed by atoms with van der Waals surface area (Å²) in [6.45, 7) is 3.73. The summed E-state index contributed by atoms with van der Waals surface area (Å²) in [5.74, 6) is 0.848. The molecule has 1 atom stereocenters. The number of ketones is 1. The first-order valence-corrected chi connectivity index (χ1v) is 3.66. The first-order valence-electron chi connectivity index (χ1n) is 3.66. The molecule has 0 aliphatic heterocycles. The second-order valence-electron chi connectivity index (χ2n) is 2.70.